The van der Waals surface area contributed by atoms with Crippen LogP contribution in [0, 0.1) is 0 Å². The monoisotopic (exact) mass is 286 g/mol. The molecule has 0 aromatic heterocycles. The Kier molecular flexibility index (Phi) is 11.7. The molecule has 0 radical (unpaired) electrons. The molecule has 1 amide bonds. The molecule has 0 saturated heterocycles. The number of nitrogens with one attached hydrogen (secondary N) is 1. The summed E-state index contributed by atoms with van der Waals surface area (Å²) >= 11 is 0. The molecule has 0 rings (SSSR count). The molecule has 0 aromatic carbocycles. The third-order valence-electron chi connectivity index (χ3n) is 3.06. The van der Waals surface area contributed by atoms with Crippen molar-refractivity contribution >= 4 is 18.2 Å². The minimum absolute atomic E-state index is 0.220. The van der Waals surface area contributed by atoms with Crippen LogP contribution in [0.25, 0.3) is 0 Å². The second-order valence-electron chi connectivity index (χ2n) is 4.86. The first-order chi connectivity index (χ1) is 9.61. The number of carboxylic acids is 1. The molecule has 116 valence electrons. The Morgan fingerprint density at radius 3 is 2.35 bits per heavy atom. The summed E-state index contributed by atoms with van der Waals surface area (Å²) in [5.41, 5.74) is 5.33. The molecule has 6 heteroatoms. The summed E-state index contributed by atoms with van der Waals surface area (Å²) in [6.45, 7) is 0.417. The number of nitrogens with two attached hydrogens (primary N) is 1. The van der Waals surface area contributed by atoms with Gasteiger partial charge in [0, 0.05) is 12.8 Å². The number of carbonyl (C=O) groups excluding carboxylic acids is 2. The lowest BCUT2D eigenvalue weighted by Crippen LogP contribution is -2.40. The first-order valence-corrected chi connectivity index (χ1v) is 7.27. The lowest BCUT2D eigenvalue weighted by molar-refractivity contribution is -0.142. The van der Waals surface area contributed by atoms with E-state index in [0.29, 0.717) is 32.2 Å². The Hall–Kier alpha value is -1.43. The number of aldehydes is 1. The Morgan fingerprint density at radius 2 is 1.75 bits per heavy atom. The van der Waals surface area contributed by atoms with Gasteiger partial charge in [-0.15, -0.1) is 0 Å². The number of hydrogen-bond donors (Lipinski definition) is 3. The van der Waals surface area contributed by atoms with Crippen molar-refractivity contribution in [1.82, 2.24) is 5.32 Å². The molecular formula is C14H26N2O4. The Morgan fingerprint density at radius 1 is 1.10 bits per heavy atom. The van der Waals surface area contributed by atoms with E-state index < -0.39 is 12.0 Å². The summed E-state index contributed by atoms with van der Waals surface area (Å²) in [5.74, 6) is -1.23. The second kappa shape index (κ2) is 12.6. The maximum atomic E-state index is 11.6. The molecule has 0 bridgehead atoms. The van der Waals surface area contributed by atoms with Gasteiger partial charge in [0.05, 0.1) is 0 Å². The molecule has 20 heavy (non-hydrogen) atoms. The number of aliphatic carboxylic acids is 1. The SMILES string of the molecule is NCCC[C@H](NC(=O)CCCCCCCC=O)C(=O)O. The number of unbranched alkanes of at least 4 members (excludes halogenated alkanes) is 5. The number of carbonyl (C=O) groups is 3. The van der Waals surface area contributed by atoms with E-state index in [1.807, 2.05) is 0 Å². The molecule has 0 aliphatic rings. The van der Waals surface area contributed by atoms with Crippen LogP contribution in [0.4, 0.5) is 0 Å². The van der Waals surface area contributed by atoms with Crippen LogP contribution in [0.1, 0.15) is 57.8 Å². The van der Waals surface area contributed by atoms with E-state index in [1.54, 1.807) is 0 Å². The summed E-state index contributed by atoms with van der Waals surface area (Å²) in [7, 11) is 0. The fraction of sp³-hybridized carbons (Fsp3) is 0.786. The Labute approximate surface area is 120 Å². The van der Waals surface area contributed by atoms with Crippen molar-refractivity contribution in [3.8, 4) is 0 Å². The molecule has 1 atom stereocenters. The average Bonchev–Trinajstić information content (AvgIpc) is 2.42. The molecular weight excluding hydrogens is 260 g/mol. The van der Waals surface area contributed by atoms with Gasteiger partial charge in [-0.25, -0.2) is 4.79 Å². The van der Waals surface area contributed by atoms with E-state index in [4.69, 9.17) is 10.8 Å². The third-order valence-corrected chi connectivity index (χ3v) is 3.06. The largest absolute Gasteiger partial charge is 0.480 e. The van der Waals surface area contributed by atoms with Crippen molar-refractivity contribution in [2.45, 2.75) is 63.8 Å². The molecule has 0 fully saturated rings. The molecule has 0 saturated carbocycles. The number of carboxylic acid groups (broad SMARTS) is 1. The molecule has 4 N–H and O–H groups in total. The predicted molar refractivity (Wildman–Crippen MR) is 76.2 cm³/mol. The highest BCUT2D eigenvalue weighted by atomic mass is 16.4. The van der Waals surface area contributed by atoms with Gasteiger partial charge in [-0.1, -0.05) is 19.3 Å². The minimum Gasteiger partial charge on any atom is -0.480 e. The second-order valence-corrected chi connectivity index (χ2v) is 4.86. The number of hydrogen-bond acceptors (Lipinski definition) is 4. The van der Waals surface area contributed by atoms with E-state index in [1.165, 1.54) is 0 Å². The van der Waals surface area contributed by atoms with Crippen LogP contribution in [0.15, 0.2) is 0 Å². The normalized spacial score (nSPS) is 11.8. The molecule has 0 spiro atoms. The lowest BCUT2D eigenvalue weighted by atomic mass is 10.1. The summed E-state index contributed by atoms with van der Waals surface area (Å²) in [4.78, 5) is 32.6. The lowest BCUT2D eigenvalue weighted by Gasteiger charge is -2.13. The first kappa shape index (κ1) is 18.6. The molecule has 6 nitrogen and oxygen atoms in total. The van der Waals surface area contributed by atoms with E-state index in [9.17, 15) is 14.4 Å². The van der Waals surface area contributed by atoms with Gasteiger partial charge in [-0.2, -0.15) is 0 Å². The van der Waals surface area contributed by atoms with Crippen LogP contribution in [-0.2, 0) is 14.4 Å². The Balaban J connectivity index is 3.68. The van der Waals surface area contributed by atoms with Crippen LogP contribution in [0.5, 0.6) is 0 Å². The summed E-state index contributed by atoms with van der Waals surface area (Å²) in [5, 5.41) is 11.5. The van der Waals surface area contributed by atoms with E-state index in [2.05, 4.69) is 5.32 Å². The number of amides is 1. The van der Waals surface area contributed by atoms with Gasteiger partial charge in [0.25, 0.3) is 0 Å². The molecule has 0 unspecified atom stereocenters. The number of rotatable bonds is 13. The zero-order valence-electron chi connectivity index (χ0n) is 12.0. The smallest absolute Gasteiger partial charge is 0.326 e. The molecule has 0 aromatic rings. The Bertz CT molecular complexity index is 295. The molecule has 0 heterocycles. The van der Waals surface area contributed by atoms with Crippen molar-refractivity contribution < 1.29 is 19.5 Å². The minimum atomic E-state index is -1.01. The highest BCUT2D eigenvalue weighted by Crippen LogP contribution is 2.07. The fourth-order valence-electron chi connectivity index (χ4n) is 1.89. The quantitative estimate of drug-likeness (QED) is 0.348. The van der Waals surface area contributed by atoms with Crippen LogP contribution in [0.2, 0.25) is 0 Å². The summed E-state index contributed by atoms with van der Waals surface area (Å²) in [6, 6.07) is -0.835. The maximum Gasteiger partial charge on any atom is 0.326 e. The van der Waals surface area contributed by atoms with Crippen LogP contribution < -0.4 is 11.1 Å². The van der Waals surface area contributed by atoms with Crippen LogP contribution >= 0.6 is 0 Å². The van der Waals surface area contributed by atoms with E-state index >= 15 is 0 Å². The zero-order chi connectivity index (χ0) is 15.2. The van der Waals surface area contributed by atoms with Crippen LogP contribution in [-0.4, -0.2) is 35.9 Å². The average molecular weight is 286 g/mol. The predicted octanol–water partition coefficient (Wildman–Crippen LogP) is 1.22. The third kappa shape index (κ3) is 10.5. The summed E-state index contributed by atoms with van der Waals surface area (Å²) in [6.07, 6.45) is 7.37. The summed E-state index contributed by atoms with van der Waals surface area (Å²) < 4.78 is 0. The topological polar surface area (TPSA) is 109 Å². The molecule has 0 aliphatic heterocycles. The van der Waals surface area contributed by atoms with Gasteiger partial charge < -0.3 is 21.0 Å². The highest BCUT2D eigenvalue weighted by molar-refractivity contribution is 5.83. The first-order valence-electron chi connectivity index (χ1n) is 7.27. The van der Waals surface area contributed by atoms with Gasteiger partial charge >= 0.3 is 5.97 Å². The van der Waals surface area contributed by atoms with Gasteiger partial charge in [0.1, 0.15) is 12.3 Å². The van der Waals surface area contributed by atoms with E-state index in [0.717, 1.165) is 38.4 Å². The fourth-order valence-corrected chi connectivity index (χ4v) is 1.89. The van der Waals surface area contributed by atoms with Crippen molar-refractivity contribution in [2.24, 2.45) is 5.73 Å². The van der Waals surface area contributed by atoms with Gasteiger partial charge in [0.2, 0.25) is 5.91 Å². The standard InChI is InChI=1S/C14H26N2O4/c15-10-7-8-12(14(19)20)16-13(18)9-5-3-1-2-4-6-11-17/h11-12H,1-10,15H2,(H,16,18)(H,19,20)/t12-/m0/s1. The van der Waals surface area contributed by atoms with Crippen LogP contribution in [0.3, 0.4) is 0 Å². The van der Waals surface area contributed by atoms with Crippen molar-refractivity contribution in [1.29, 1.82) is 0 Å². The van der Waals surface area contributed by atoms with Crippen molar-refractivity contribution in [3.63, 3.8) is 0 Å². The highest BCUT2D eigenvalue weighted by Gasteiger charge is 2.18. The van der Waals surface area contributed by atoms with Gasteiger partial charge in [0.15, 0.2) is 0 Å². The molecule has 0 aliphatic carbocycles. The van der Waals surface area contributed by atoms with E-state index in [-0.39, 0.29) is 5.91 Å². The van der Waals surface area contributed by atoms with Gasteiger partial charge in [-0.3, -0.25) is 4.79 Å². The van der Waals surface area contributed by atoms with Crippen molar-refractivity contribution in [3.05, 3.63) is 0 Å². The maximum absolute atomic E-state index is 11.6. The zero-order valence-corrected chi connectivity index (χ0v) is 12.0. The van der Waals surface area contributed by atoms with Crippen molar-refractivity contribution in [2.75, 3.05) is 6.54 Å². The van der Waals surface area contributed by atoms with Gasteiger partial charge in [-0.05, 0) is 32.2 Å².